The van der Waals surface area contributed by atoms with Gasteiger partial charge in [0.2, 0.25) is 10.0 Å². The maximum Gasteiger partial charge on any atom is 0.244 e. The maximum absolute atomic E-state index is 12.5. The topological polar surface area (TPSA) is 74.4 Å². The summed E-state index contributed by atoms with van der Waals surface area (Å²) in [5, 5.41) is 3.24. The summed E-state index contributed by atoms with van der Waals surface area (Å²) >= 11 is 0. The molecule has 1 unspecified atom stereocenters. The number of nitrogens with one attached hydrogen (secondary N) is 2. The summed E-state index contributed by atoms with van der Waals surface area (Å²) in [6.45, 7) is 4.77. The molecule has 0 amide bonds. The molecule has 6 nitrogen and oxygen atoms in total. The molecule has 2 rings (SSSR count). The molecule has 0 saturated carbocycles. The van der Waals surface area contributed by atoms with E-state index in [0.717, 1.165) is 25.1 Å². The molecule has 0 bridgehead atoms. The molecular formula is C13H23N3O3S. The minimum Gasteiger partial charge on any atom is -0.380 e. The van der Waals surface area contributed by atoms with Gasteiger partial charge in [0.05, 0.1) is 17.5 Å². The van der Waals surface area contributed by atoms with Crippen LogP contribution in [-0.2, 0) is 21.3 Å². The molecular weight excluding hydrogens is 278 g/mol. The smallest absolute Gasteiger partial charge is 0.244 e. The second kappa shape index (κ2) is 6.71. The Labute approximate surface area is 120 Å². The third-order valence-corrected chi connectivity index (χ3v) is 5.44. The van der Waals surface area contributed by atoms with Crippen molar-refractivity contribution >= 4 is 10.0 Å². The molecule has 0 aliphatic carbocycles. The lowest BCUT2D eigenvalue weighted by Crippen LogP contribution is -2.37. The fraction of sp³-hybridized carbons (Fsp3) is 0.692. The molecule has 114 valence electrons. The minimum absolute atomic E-state index is 0.0587. The van der Waals surface area contributed by atoms with Crippen LogP contribution in [0.15, 0.2) is 17.2 Å². The third-order valence-electron chi connectivity index (χ3n) is 3.56. The van der Waals surface area contributed by atoms with E-state index < -0.39 is 10.0 Å². The number of hydrogen-bond donors (Lipinski definition) is 2. The maximum atomic E-state index is 12.5. The quantitative estimate of drug-likeness (QED) is 0.735. The first-order chi connectivity index (χ1) is 9.55. The van der Waals surface area contributed by atoms with Gasteiger partial charge in [0.25, 0.3) is 0 Å². The number of aromatic nitrogens is 1. The number of rotatable bonds is 7. The lowest BCUT2D eigenvalue weighted by molar-refractivity contribution is 0.181. The average molecular weight is 301 g/mol. The molecule has 0 spiro atoms. The van der Waals surface area contributed by atoms with Crippen LogP contribution in [0.2, 0.25) is 0 Å². The van der Waals surface area contributed by atoms with E-state index >= 15 is 0 Å². The Morgan fingerprint density at radius 2 is 2.35 bits per heavy atom. The van der Waals surface area contributed by atoms with Gasteiger partial charge in [0.1, 0.15) is 0 Å². The Morgan fingerprint density at radius 1 is 1.55 bits per heavy atom. The Hall–Kier alpha value is -0.890. The van der Waals surface area contributed by atoms with Crippen LogP contribution >= 0.6 is 0 Å². The fourth-order valence-corrected chi connectivity index (χ4v) is 3.63. The number of H-pyrrole nitrogens is 1. The van der Waals surface area contributed by atoms with Gasteiger partial charge in [-0.2, -0.15) is 4.31 Å². The highest BCUT2D eigenvalue weighted by Crippen LogP contribution is 2.21. The van der Waals surface area contributed by atoms with Crippen molar-refractivity contribution in [3.8, 4) is 0 Å². The summed E-state index contributed by atoms with van der Waals surface area (Å²) in [6.07, 6.45) is 3.37. The first-order valence-electron chi connectivity index (χ1n) is 6.99. The Balaban J connectivity index is 2.05. The predicted molar refractivity (Wildman–Crippen MR) is 77.0 cm³/mol. The molecule has 1 atom stereocenters. The average Bonchev–Trinajstić information content (AvgIpc) is 3.09. The van der Waals surface area contributed by atoms with Crippen molar-refractivity contribution in [3.63, 3.8) is 0 Å². The van der Waals surface area contributed by atoms with Crippen LogP contribution in [-0.4, -0.2) is 50.6 Å². The summed E-state index contributed by atoms with van der Waals surface area (Å²) in [7, 11) is -1.82. The molecule has 1 aromatic heterocycles. The summed E-state index contributed by atoms with van der Waals surface area (Å²) in [4.78, 5) is 3.34. The Kier molecular flexibility index (Phi) is 5.20. The third kappa shape index (κ3) is 3.41. The first kappa shape index (κ1) is 15.5. The molecule has 0 radical (unpaired) electrons. The number of hydrogen-bond acceptors (Lipinski definition) is 4. The monoisotopic (exact) mass is 301 g/mol. The molecule has 1 aromatic rings. The zero-order chi connectivity index (χ0) is 14.6. The van der Waals surface area contributed by atoms with Crippen LogP contribution in [0.4, 0.5) is 0 Å². The van der Waals surface area contributed by atoms with Crippen molar-refractivity contribution in [2.24, 2.45) is 0 Å². The number of nitrogens with zero attached hydrogens (tertiary/aromatic N) is 1. The molecule has 20 heavy (non-hydrogen) atoms. The molecule has 1 saturated heterocycles. The van der Waals surface area contributed by atoms with E-state index in [2.05, 4.69) is 17.2 Å². The van der Waals surface area contributed by atoms with E-state index in [1.807, 2.05) is 0 Å². The van der Waals surface area contributed by atoms with Gasteiger partial charge in [-0.15, -0.1) is 0 Å². The highest BCUT2D eigenvalue weighted by molar-refractivity contribution is 7.89. The largest absolute Gasteiger partial charge is 0.380 e. The van der Waals surface area contributed by atoms with Crippen LogP contribution < -0.4 is 5.32 Å². The van der Waals surface area contributed by atoms with Crippen LogP contribution in [0.5, 0.6) is 0 Å². The standard InChI is InChI=1S/C13H23N3O3S/c1-3-5-14-8-11-7-13(9-15-11)20(17,18)16(2)12-4-6-19-10-12/h7,9,12,14-15H,3-6,8,10H2,1-2H3. The number of likely N-dealkylation sites (N-methyl/N-ethyl adjacent to an activating group) is 1. The minimum atomic E-state index is -3.44. The van der Waals surface area contributed by atoms with Gasteiger partial charge in [-0.25, -0.2) is 8.42 Å². The summed E-state index contributed by atoms with van der Waals surface area (Å²) in [5.41, 5.74) is 0.882. The van der Waals surface area contributed by atoms with E-state index in [9.17, 15) is 8.42 Å². The summed E-state index contributed by atoms with van der Waals surface area (Å²) in [6, 6.07) is 1.64. The Bertz CT molecular complexity index is 521. The zero-order valence-corrected chi connectivity index (χ0v) is 12.9. The number of ether oxygens (including phenoxy) is 1. The van der Waals surface area contributed by atoms with Crippen molar-refractivity contribution in [1.82, 2.24) is 14.6 Å². The lowest BCUT2D eigenvalue weighted by Gasteiger charge is -2.21. The van der Waals surface area contributed by atoms with Gasteiger partial charge in [-0.3, -0.25) is 0 Å². The molecule has 1 fully saturated rings. The van der Waals surface area contributed by atoms with Crippen molar-refractivity contribution in [1.29, 1.82) is 0 Å². The highest BCUT2D eigenvalue weighted by atomic mass is 32.2. The molecule has 1 aliphatic rings. The predicted octanol–water partition coefficient (Wildman–Crippen LogP) is 0.924. The molecule has 0 aromatic carbocycles. The van der Waals surface area contributed by atoms with Crippen LogP contribution in [0.25, 0.3) is 0 Å². The number of aromatic amines is 1. The van der Waals surface area contributed by atoms with Gasteiger partial charge in [-0.1, -0.05) is 6.92 Å². The van der Waals surface area contributed by atoms with Gasteiger partial charge in [0, 0.05) is 32.1 Å². The van der Waals surface area contributed by atoms with Gasteiger partial charge >= 0.3 is 0 Å². The van der Waals surface area contributed by atoms with Gasteiger partial charge < -0.3 is 15.0 Å². The van der Waals surface area contributed by atoms with E-state index in [-0.39, 0.29) is 6.04 Å². The molecule has 2 heterocycles. The van der Waals surface area contributed by atoms with Crippen molar-refractivity contribution in [3.05, 3.63) is 18.0 Å². The van der Waals surface area contributed by atoms with Crippen LogP contribution in [0.3, 0.4) is 0 Å². The second-order valence-electron chi connectivity index (χ2n) is 5.08. The zero-order valence-electron chi connectivity index (χ0n) is 12.1. The molecule has 2 N–H and O–H groups in total. The van der Waals surface area contributed by atoms with Crippen LogP contribution in [0, 0.1) is 0 Å². The van der Waals surface area contributed by atoms with E-state index in [1.165, 1.54) is 4.31 Å². The Morgan fingerprint density at radius 3 is 3.00 bits per heavy atom. The molecule has 1 aliphatic heterocycles. The molecule has 7 heteroatoms. The van der Waals surface area contributed by atoms with Crippen molar-refractivity contribution in [2.45, 2.75) is 37.2 Å². The second-order valence-corrected chi connectivity index (χ2v) is 7.07. The SMILES string of the molecule is CCCNCc1cc(S(=O)(=O)N(C)C2CCOC2)c[nH]1. The van der Waals surface area contributed by atoms with Gasteiger partial charge in [0.15, 0.2) is 0 Å². The summed E-state index contributed by atoms with van der Waals surface area (Å²) < 4.78 is 31.7. The van der Waals surface area contributed by atoms with Crippen molar-refractivity contribution in [2.75, 3.05) is 26.8 Å². The normalized spacial score (nSPS) is 19.9. The fourth-order valence-electron chi connectivity index (χ4n) is 2.24. The lowest BCUT2D eigenvalue weighted by atomic mass is 10.3. The van der Waals surface area contributed by atoms with E-state index in [4.69, 9.17) is 4.74 Å². The van der Waals surface area contributed by atoms with Crippen molar-refractivity contribution < 1.29 is 13.2 Å². The first-order valence-corrected chi connectivity index (χ1v) is 8.43. The van der Waals surface area contributed by atoms with Crippen LogP contribution in [0.1, 0.15) is 25.5 Å². The highest BCUT2D eigenvalue weighted by Gasteiger charge is 2.31. The van der Waals surface area contributed by atoms with Gasteiger partial charge in [-0.05, 0) is 25.5 Å². The summed E-state index contributed by atoms with van der Waals surface area (Å²) in [5.74, 6) is 0. The van der Waals surface area contributed by atoms with E-state index in [0.29, 0.717) is 24.7 Å². The van der Waals surface area contributed by atoms with E-state index in [1.54, 1.807) is 19.3 Å². The number of sulfonamides is 1.